The number of carboxylic acids is 1. The van der Waals surface area contributed by atoms with E-state index in [2.05, 4.69) is 17.6 Å². The van der Waals surface area contributed by atoms with Crippen LogP contribution in [0.4, 0.5) is 0 Å². The average molecular weight is 414 g/mol. The number of carboxylic acid groups (broad SMARTS) is 1. The van der Waals surface area contributed by atoms with E-state index in [9.17, 15) is 14.4 Å². The summed E-state index contributed by atoms with van der Waals surface area (Å²) in [6.07, 6.45) is 15.6. The molecule has 0 aliphatic rings. The molecule has 0 aromatic heterocycles. The highest BCUT2D eigenvalue weighted by molar-refractivity contribution is 5.87. The Morgan fingerprint density at radius 3 is 1.86 bits per heavy atom. The van der Waals surface area contributed by atoms with E-state index in [0.29, 0.717) is 25.8 Å². The molecule has 0 saturated heterocycles. The molecule has 0 aromatic carbocycles. The van der Waals surface area contributed by atoms with Crippen molar-refractivity contribution in [2.24, 2.45) is 5.73 Å². The highest BCUT2D eigenvalue weighted by Crippen LogP contribution is 2.11. The SMILES string of the molecule is CCCCCCCCCCCCCC(=O)NCC(=O)N[C@@H](CCCCN)C(=O)O. The molecule has 7 heteroatoms. The third-order valence-corrected chi connectivity index (χ3v) is 5.03. The number of unbranched alkanes of at least 4 members (excludes halogenated alkanes) is 11. The molecular formula is C22H43N3O4. The van der Waals surface area contributed by atoms with Gasteiger partial charge in [-0.25, -0.2) is 4.79 Å². The van der Waals surface area contributed by atoms with Crippen LogP contribution in [0.3, 0.4) is 0 Å². The van der Waals surface area contributed by atoms with Gasteiger partial charge < -0.3 is 21.5 Å². The van der Waals surface area contributed by atoms with Gasteiger partial charge in [0.25, 0.3) is 0 Å². The Hall–Kier alpha value is -1.63. The van der Waals surface area contributed by atoms with Crippen molar-refractivity contribution < 1.29 is 19.5 Å². The highest BCUT2D eigenvalue weighted by atomic mass is 16.4. The molecule has 0 heterocycles. The third kappa shape index (κ3) is 18.2. The topological polar surface area (TPSA) is 122 Å². The predicted octanol–water partition coefficient (Wildman–Crippen LogP) is 3.50. The van der Waals surface area contributed by atoms with Crippen LogP contribution < -0.4 is 16.4 Å². The Morgan fingerprint density at radius 2 is 1.34 bits per heavy atom. The first-order chi connectivity index (χ1) is 14.0. The average Bonchev–Trinajstić information content (AvgIpc) is 2.69. The van der Waals surface area contributed by atoms with Crippen molar-refractivity contribution in [1.29, 1.82) is 0 Å². The number of nitrogens with two attached hydrogens (primary N) is 1. The van der Waals surface area contributed by atoms with Gasteiger partial charge in [-0.15, -0.1) is 0 Å². The van der Waals surface area contributed by atoms with Crippen LogP contribution in [-0.2, 0) is 14.4 Å². The van der Waals surface area contributed by atoms with Gasteiger partial charge in [-0.05, 0) is 32.2 Å². The normalized spacial score (nSPS) is 11.8. The second-order valence-electron chi connectivity index (χ2n) is 7.81. The number of aliphatic carboxylic acids is 1. The number of hydrogen-bond acceptors (Lipinski definition) is 4. The molecule has 5 N–H and O–H groups in total. The molecular weight excluding hydrogens is 370 g/mol. The van der Waals surface area contributed by atoms with E-state index in [-0.39, 0.29) is 12.5 Å². The summed E-state index contributed by atoms with van der Waals surface area (Å²) in [6, 6.07) is -0.933. The van der Waals surface area contributed by atoms with Crippen molar-refractivity contribution in [3.05, 3.63) is 0 Å². The fourth-order valence-electron chi connectivity index (χ4n) is 3.21. The zero-order valence-electron chi connectivity index (χ0n) is 18.3. The first-order valence-corrected chi connectivity index (χ1v) is 11.5. The van der Waals surface area contributed by atoms with Crippen LogP contribution in [0.15, 0.2) is 0 Å². The first kappa shape index (κ1) is 27.4. The van der Waals surface area contributed by atoms with E-state index in [1.54, 1.807) is 0 Å². The quantitative estimate of drug-likeness (QED) is 0.228. The van der Waals surface area contributed by atoms with Crippen molar-refractivity contribution in [3.63, 3.8) is 0 Å². The Morgan fingerprint density at radius 1 is 0.793 bits per heavy atom. The van der Waals surface area contributed by atoms with Gasteiger partial charge in [0.1, 0.15) is 6.04 Å². The molecule has 0 bridgehead atoms. The molecule has 0 fully saturated rings. The van der Waals surface area contributed by atoms with Crippen LogP contribution in [0.1, 0.15) is 103 Å². The molecule has 0 radical (unpaired) electrons. The molecule has 0 unspecified atom stereocenters. The van der Waals surface area contributed by atoms with Crippen LogP contribution in [0.5, 0.6) is 0 Å². The monoisotopic (exact) mass is 413 g/mol. The fourth-order valence-corrected chi connectivity index (χ4v) is 3.21. The molecule has 0 aliphatic carbocycles. The predicted molar refractivity (Wildman–Crippen MR) is 117 cm³/mol. The summed E-state index contributed by atoms with van der Waals surface area (Å²) in [6.45, 7) is 2.54. The van der Waals surface area contributed by atoms with Crippen molar-refractivity contribution in [2.45, 2.75) is 109 Å². The molecule has 170 valence electrons. The lowest BCUT2D eigenvalue weighted by Crippen LogP contribution is -2.45. The van der Waals surface area contributed by atoms with E-state index >= 15 is 0 Å². The van der Waals surface area contributed by atoms with Crippen LogP contribution >= 0.6 is 0 Å². The summed E-state index contributed by atoms with van der Waals surface area (Å²) < 4.78 is 0. The van der Waals surface area contributed by atoms with Gasteiger partial charge in [-0.1, -0.05) is 71.1 Å². The van der Waals surface area contributed by atoms with Gasteiger partial charge in [0.05, 0.1) is 6.54 Å². The standard InChI is InChI=1S/C22H43N3O4/c1-2-3-4-5-6-7-8-9-10-11-12-16-20(26)24-18-21(27)25-19(22(28)29)15-13-14-17-23/h19H,2-18,23H2,1H3,(H,24,26)(H,25,27)(H,28,29)/t19-/m0/s1. The lowest BCUT2D eigenvalue weighted by atomic mass is 10.1. The minimum absolute atomic E-state index is 0.161. The van der Waals surface area contributed by atoms with Gasteiger partial charge in [0.15, 0.2) is 0 Å². The van der Waals surface area contributed by atoms with Gasteiger partial charge in [-0.2, -0.15) is 0 Å². The molecule has 0 saturated carbocycles. The molecule has 1 atom stereocenters. The summed E-state index contributed by atoms with van der Waals surface area (Å²) in [5, 5.41) is 14.1. The van der Waals surface area contributed by atoms with Gasteiger partial charge in [0.2, 0.25) is 11.8 Å². The summed E-state index contributed by atoms with van der Waals surface area (Å²) in [5.74, 6) is -1.70. The molecule has 0 aromatic rings. The number of hydrogen-bond donors (Lipinski definition) is 4. The molecule has 0 aliphatic heterocycles. The van der Waals surface area contributed by atoms with Crippen molar-refractivity contribution in [1.82, 2.24) is 10.6 Å². The lowest BCUT2D eigenvalue weighted by molar-refractivity contribution is -0.142. The summed E-state index contributed by atoms with van der Waals surface area (Å²) >= 11 is 0. The third-order valence-electron chi connectivity index (χ3n) is 5.03. The first-order valence-electron chi connectivity index (χ1n) is 11.5. The van der Waals surface area contributed by atoms with Crippen molar-refractivity contribution >= 4 is 17.8 Å². The fraction of sp³-hybridized carbons (Fsp3) is 0.864. The zero-order chi connectivity index (χ0) is 21.7. The highest BCUT2D eigenvalue weighted by Gasteiger charge is 2.19. The van der Waals surface area contributed by atoms with Crippen molar-refractivity contribution in [3.8, 4) is 0 Å². The summed E-state index contributed by atoms with van der Waals surface area (Å²) in [4.78, 5) is 34.8. The molecule has 0 rings (SSSR count). The molecule has 7 nitrogen and oxygen atoms in total. The summed E-state index contributed by atoms with van der Waals surface area (Å²) in [5.41, 5.74) is 5.39. The summed E-state index contributed by atoms with van der Waals surface area (Å²) in [7, 11) is 0. The van der Waals surface area contributed by atoms with Crippen LogP contribution in [0, 0.1) is 0 Å². The van der Waals surface area contributed by atoms with Gasteiger partial charge in [-0.3, -0.25) is 9.59 Å². The Balaban J connectivity index is 3.64. The number of carbonyl (C=O) groups is 3. The smallest absolute Gasteiger partial charge is 0.326 e. The number of carbonyl (C=O) groups excluding carboxylic acids is 2. The lowest BCUT2D eigenvalue weighted by Gasteiger charge is -2.14. The number of rotatable bonds is 20. The minimum atomic E-state index is -1.07. The van der Waals surface area contributed by atoms with Crippen LogP contribution in [0.25, 0.3) is 0 Å². The maximum Gasteiger partial charge on any atom is 0.326 e. The maximum atomic E-state index is 11.8. The largest absolute Gasteiger partial charge is 0.480 e. The van der Waals surface area contributed by atoms with Crippen LogP contribution in [0.2, 0.25) is 0 Å². The molecule has 29 heavy (non-hydrogen) atoms. The Kier molecular flexibility index (Phi) is 18.6. The van der Waals surface area contributed by atoms with E-state index in [1.165, 1.54) is 51.4 Å². The van der Waals surface area contributed by atoms with Crippen LogP contribution in [-0.4, -0.2) is 42.0 Å². The maximum absolute atomic E-state index is 11.8. The minimum Gasteiger partial charge on any atom is -0.480 e. The number of nitrogens with one attached hydrogen (secondary N) is 2. The second kappa shape index (κ2) is 19.7. The van der Waals surface area contributed by atoms with Gasteiger partial charge in [0, 0.05) is 6.42 Å². The Bertz CT molecular complexity index is 444. The van der Waals surface area contributed by atoms with Gasteiger partial charge >= 0.3 is 5.97 Å². The second-order valence-corrected chi connectivity index (χ2v) is 7.81. The Labute approximate surface area is 176 Å². The molecule has 2 amide bonds. The van der Waals surface area contributed by atoms with E-state index in [1.807, 2.05) is 0 Å². The van der Waals surface area contributed by atoms with Crippen molar-refractivity contribution in [2.75, 3.05) is 13.1 Å². The molecule has 0 spiro atoms. The van der Waals surface area contributed by atoms with E-state index in [0.717, 1.165) is 25.7 Å². The van der Waals surface area contributed by atoms with E-state index < -0.39 is 17.9 Å². The zero-order valence-corrected chi connectivity index (χ0v) is 18.3. The van der Waals surface area contributed by atoms with E-state index in [4.69, 9.17) is 10.8 Å². The number of amides is 2.